The SMILES string of the molecule is O=S(=O)(NC1CCN(CCCOc2ccccc2-c2ccccc2)CC1)c1cccc(Cl)c1. The molecule has 174 valence electrons. The van der Waals surface area contributed by atoms with E-state index in [0.29, 0.717) is 11.6 Å². The van der Waals surface area contributed by atoms with E-state index in [4.69, 9.17) is 16.3 Å². The average molecular weight is 485 g/mol. The number of sulfonamides is 1. The van der Waals surface area contributed by atoms with Gasteiger partial charge in [-0.15, -0.1) is 0 Å². The van der Waals surface area contributed by atoms with Crippen molar-refractivity contribution in [3.05, 3.63) is 83.9 Å². The second-order valence-corrected chi connectivity index (χ2v) is 10.4. The van der Waals surface area contributed by atoms with Crippen molar-refractivity contribution in [2.24, 2.45) is 0 Å². The normalized spacial score (nSPS) is 15.4. The molecule has 0 spiro atoms. The number of hydrogen-bond acceptors (Lipinski definition) is 4. The molecule has 1 saturated heterocycles. The fraction of sp³-hybridized carbons (Fsp3) is 0.308. The Hall–Kier alpha value is -2.38. The Bertz CT molecular complexity index is 1150. The predicted molar refractivity (Wildman–Crippen MR) is 133 cm³/mol. The van der Waals surface area contributed by atoms with Gasteiger partial charge in [-0.1, -0.05) is 66.2 Å². The maximum Gasteiger partial charge on any atom is 0.240 e. The molecule has 1 aliphatic heterocycles. The Morgan fingerprint density at radius 3 is 2.42 bits per heavy atom. The molecule has 0 aromatic heterocycles. The van der Waals surface area contributed by atoms with Crippen LogP contribution in [-0.4, -0.2) is 45.6 Å². The quantitative estimate of drug-likeness (QED) is 0.423. The van der Waals surface area contributed by atoms with Crippen LogP contribution < -0.4 is 9.46 Å². The minimum atomic E-state index is -3.55. The summed E-state index contributed by atoms with van der Waals surface area (Å²) >= 11 is 5.94. The third kappa shape index (κ3) is 6.58. The van der Waals surface area contributed by atoms with E-state index in [1.54, 1.807) is 18.2 Å². The number of hydrogen-bond donors (Lipinski definition) is 1. The zero-order valence-electron chi connectivity index (χ0n) is 18.5. The fourth-order valence-electron chi connectivity index (χ4n) is 4.12. The number of halogens is 1. The molecule has 0 saturated carbocycles. The van der Waals surface area contributed by atoms with E-state index >= 15 is 0 Å². The Labute approximate surface area is 201 Å². The third-order valence-electron chi connectivity index (χ3n) is 5.86. The minimum Gasteiger partial charge on any atom is -0.493 e. The summed E-state index contributed by atoms with van der Waals surface area (Å²) in [6.45, 7) is 3.30. The highest BCUT2D eigenvalue weighted by molar-refractivity contribution is 7.89. The molecule has 3 aromatic rings. The fourth-order valence-corrected chi connectivity index (χ4v) is 5.72. The zero-order valence-corrected chi connectivity index (χ0v) is 20.1. The van der Waals surface area contributed by atoms with E-state index in [9.17, 15) is 8.42 Å². The maximum absolute atomic E-state index is 12.6. The largest absolute Gasteiger partial charge is 0.493 e. The van der Waals surface area contributed by atoms with Crippen molar-refractivity contribution in [1.29, 1.82) is 0 Å². The summed E-state index contributed by atoms with van der Waals surface area (Å²) in [6.07, 6.45) is 2.50. The van der Waals surface area contributed by atoms with Gasteiger partial charge in [0.2, 0.25) is 10.0 Å². The Kier molecular flexibility index (Phi) is 8.04. The van der Waals surface area contributed by atoms with Crippen molar-refractivity contribution < 1.29 is 13.2 Å². The number of ether oxygens (including phenoxy) is 1. The monoisotopic (exact) mass is 484 g/mol. The summed E-state index contributed by atoms with van der Waals surface area (Å²) in [5.74, 6) is 0.901. The molecule has 0 unspecified atom stereocenters. The van der Waals surface area contributed by atoms with Gasteiger partial charge in [-0.2, -0.15) is 0 Å². The predicted octanol–water partition coefficient (Wildman–Crippen LogP) is 5.22. The van der Waals surface area contributed by atoms with Gasteiger partial charge in [-0.25, -0.2) is 13.1 Å². The maximum atomic E-state index is 12.6. The van der Waals surface area contributed by atoms with Crippen LogP contribution >= 0.6 is 11.6 Å². The molecular weight excluding hydrogens is 456 g/mol. The molecule has 0 radical (unpaired) electrons. The molecule has 1 aliphatic rings. The van der Waals surface area contributed by atoms with Crippen molar-refractivity contribution in [3.8, 4) is 16.9 Å². The highest BCUT2D eigenvalue weighted by Gasteiger charge is 2.24. The van der Waals surface area contributed by atoms with Crippen LogP contribution in [-0.2, 0) is 10.0 Å². The highest BCUT2D eigenvalue weighted by atomic mass is 35.5. The van der Waals surface area contributed by atoms with Crippen LogP contribution in [0.25, 0.3) is 11.1 Å². The summed E-state index contributed by atoms with van der Waals surface area (Å²) in [5.41, 5.74) is 2.25. The lowest BCUT2D eigenvalue weighted by atomic mass is 10.0. The molecule has 0 bridgehead atoms. The van der Waals surface area contributed by atoms with Gasteiger partial charge in [0.25, 0.3) is 0 Å². The van der Waals surface area contributed by atoms with E-state index in [0.717, 1.165) is 55.8 Å². The van der Waals surface area contributed by atoms with Gasteiger partial charge in [0.15, 0.2) is 0 Å². The van der Waals surface area contributed by atoms with Gasteiger partial charge in [0.05, 0.1) is 11.5 Å². The van der Waals surface area contributed by atoms with Gasteiger partial charge >= 0.3 is 0 Å². The summed E-state index contributed by atoms with van der Waals surface area (Å²) in [5, 5.41) is 0.418. The molecule has 5 nitrogen and oxygen atoms in total. The molecular formula is C26H29ClN2O3S. The van der Waals surface area contributed by atoms with E-state index in [2.05, 4.69) is 27.8 Å². The first-order chi connectivity index (χ1) is 16.0. The Morgan fingerprint density at radius 1 is 0.939 bits per heavy atom. The lowest BCUT2D eigenvalue weighted by molar-refractivity contribution is 0.189. The van der Waals surface area contributed by atoms with Crippen LogP contribution in [0.2, 0.25) is 5.02 Å². The van der Waals surface area contributed by atoms with Gasteiger partial charge in [0, 0.05) is 23.2 Å². The van der Waals surface area contributed by atoms with E-state index in [1.807, 2.05) is 36.4 Å². The van der Waals surface area contributed by atoms with E-state index in [-0.39, 0.29) is 10.9 Å². The first kappa shape index (κ1) is 23.8. The molecule has 1 fully saturated rings. The lowest BCUT2D eigenvalue weighted by Gasteiger charge is -2.32. The molecule has 1 N–H and O–H groups in total. The summed E-state index contributed by atoms with van der Waals surface area (Å²) < 4.78 is 34.2. The topological polar surface area (TPSA) is 58.6 Å². The standard InChI is InChI=1S/C26H29ClN2O3S/c27-22-10-6-11-24(20-22)33(30,31)28-23-14-17-29(18-15-23)16-7-19-32-26-13-5-4-12-25(26)21-8-2-1-3-9-21/h1-6,8-13,20,23,28H,7,14-19H2. The lowest BCUT2D eigenvalue weighted by Crippen LogP contribution is -2.44. The molecule has 1 heterocycles. The van der Waals surface area contributed by atoms with Crippen LogP contribution in [0.15, 0.2) is 83.8 Å². The average Bonchev–Trinajstić information content (AvgIpc) is 2.83. The van der Waals surface area contributed by atoms with Crippen molar-refractivity contribution in [2.45, 2.75) is 30.2 Å². The second kappa shape index (κ2) is 11.2. The Balaban J connectivity index is 1.21. The summed E-state index contributed by atoms with van der Waals surface area (Å²) in [7, 11) is -3.55. The van der Waals surface area contributed by atoms with Gasteiger partial charge in [-0.3, -0.25) is 0 Å². The number of nitrogens with one attached hydrogen (secondary N) is 1. The number of rotatable bonds is 9. The van der Waals surface area contributed by atoms with E-state index < -0.39 is 10.0 Å². The van der Waals surface area contributed by atoms with Gasteiger partial charge in [-0.05, 0) is 62.2 Å². The Morgan fingerprint density at radius 2 is 1.67 bits per heavy atom. The van der Waals surface area contributed by atoms with Crippen LogP contribution in [0, 0.1) is 0 Å². The summed E-state index contributed by atoms with van der Waals surface area (Å²) in [4.78, 5) is 2.58. The molecule has 3 aromatic carbocycles. The molecule has 4 rings (SSSR count). The smallest absolute Gasteiger partial charge is 0.240 e. The molecule has 0 aliphatic carbocycles. The number of benzene rings is 3. The molecule has 0 atom stereocenters. The van der Waals surface area contributed by atoms with Crippen LogP contribution in [0.4, 0.5) is 0 Å². The van der Waals surface area contributed by atoms with Crippen molar-refractivity contribution in [1.82, 2.24) is 9.62 Å². The third-order valence-corrected chi connectivity index (χ3v) is 7.62. The number of likely N-dealkylation sites (tertiary alicyclic amines) is 1. The van der Waals surface area contributed by atoms with Gasteiger partial charge in [0.1, 0.15) is 5.75 Å². The highest BCUT2D eigenvalue weighted by Crippen LogP contribution is 2.29. The first-order valence-electron chi connectivity index (χ1n) is 11.3. The number of piperidine rings is 1. The van der Waals surface area contributed by atoms with Crippen LogP contribution in [0.1, 0.15) is 19.3 Å². The van der Waals surface area contributed by atoms with E-state index in [1.165, 1.54) is 6.07 Å². The second-order valence-electron chi connectivity index (χ2n) is 8.26. The first-order valence-corrected chi connectivity index (χ1v) is 13.1. The molecule has 33 heavy (non-hydrogen) atoms. The van der Waals surface area contributed by atoms with Crippen LogP contribution in [0.3, 0.4) is 0 Å². The summed E-state index contributed by atoms with van der Waals surface area (Å²) in [6, 6.07) is 24.7. The van der Waals surface area contributed by atoms with Gasteiger partial charge < -0.3 is 9.64 Å². The van der Waals surface area contributed by atoms with Crippen LogP contribution in [0.5, 0.6) is 5.75 Å². The number of para-hydroxylation sites is 1. The molecule has 7 heteroatoms. The number of nitrogens with zero attached hydrogens (tertiary/aromatic N) is 1. The van der Waals surface area contributed by atoms with Crippen molar-refractivity contribution in [2.75, 3.05) is 26.2 Å². The molecule has 0 amide bonds. The van der Waals surface area contributed by atoms with Crippen molar-refractivity contribution >= 4 is 21.6 Å². The van der Waals surface area contributed by atoms with Crippen molar-refractivity contribution in [3.63, 3.8) is 0 Å². The zero-order chi connectivity index (χ0) is 23.1. The minimum absolute atomic E-state index is 0.0563.